The lowest BCUT2D eigenvalue weighted by Crippen LogP contribution is -2.47. The van der Waals surface area contributed by atoms with Gasteiger partial charge >= 0.3 is 6.03 Å². The minimum absolute atomic E-state index is 0.226. The fourth-order valence-electron chi connectivity index (χ4n) is 3.76. The SMILES string of the molecule is CS(=O)(=O)NCCc1ccc(C(=O)CN2C(=O)N[C@]3(CCOc4ccccc43)C2=O)s1. The van der Waals surface area contributed by atoms with E-state index in [9.17, 15) is 22.8 Å². The zero-order valence-electron chi connectivity index (χ0n) is 16.7. The van der Waals surface area contributed by atoms with Gasteiger partial charge in [0, 0.05) is 23.4 Å². The molecule has 11 heteroatoms. The van der Waals surface area contributed by atoms with Crippen molar-refractivity contribution in [2.75, 3.05) is 26.0 Å². The molecule has 0 aliphatic carbocycles. The van der Waals surface area contributed by atoms with Crippen LogP contribution in [0.15, 0.2) is 36.4 Å². The third-order valence-electron chi connectivity index (χ3n) is 5.23. The molecule has 0 bridgehead atoms. The molecule has 2 aliphatic heterocycles. The number of urea groups is 1. The number of fused-ring (bicyclic) bond motifs is 2. The molecule has 4 rings (SSSR count). The first-order valence-corrected chi connectivity index (χ1v) is 12.3. The van der Waals surface area contributed by atoms with Crippen molar-refractivity contribution in [1.29, 1.82) is 0 Å². The van der Waals surface area contributed by atoms with Gasteiger partial charge < -0.3 is 10.1 Å². The summed E-state index contributed by atoms with van der Waals surface area (Å²) in [6, 6.07) is 9.81. The molecule has 31 heavy (non-hydrogen) atoms. The first-order chi connectivity index (χ1) is 14.7. The van der Waals surface area contributed by atoms with Crippen molar-refractivity contribution in [2.45, 2.75) is 18.4 Å². The van der Waals surface area contributed by atoms with Crippen molar-refractivity contribution in [2.24, 2.45) is 0 Å². The first kappa shape index (κ1) is 21.5. The molecule has 9 nitrogen and oxygen atoms in total. The fraction of sp³-hybridized carbons (Fsp3) is 0.350. The molecule has 0 radical (unpaired) electrons. The Morgan fingerprint density at radius 2 is 2.03 bits per heavy atom. The van der Waals surface area contributed by atoms with Crippen molar-refractivity contribution in [3.63, 3.8) is 0 Å². The summed E-state index contributed by atoms with van der Waals surface area (Å²) in [5.41, 5.74) is -0.629. The number of benzene rings is 1. The lowest BCUT2D eigenvalue weighted by molar-refractivity contribution is -0.132. The zero-order chi connectivity index (χ0) is 22.2. The number of hydrogen-bond acceptors (Lipinski definition) is 7. The average molecular weight is 464 g/mol. The van der Waals surface area contributed by atoms with Gasteiger partial charge in [0.1, 0.15) is 5.75 Å². The minimum Gasteiger partial charge on any atom is -0.493 e. The molecular weight excluding hydrogens is 442 g/mol. The number of thiophene rings is 1. The molecule has 2 aromatic rings. The maximum atomic E-state index is 13.2. The highest BCUT2D eigenvalue weighted by atomic mass is 32.2. The van der Waals surface area contributed by atoms with Gasteiger partial charge in [-0.1, -0.05) is 18.2 Å². The predicted molar refractivity (Wildman–Crippen MR) is 114 cm³/mol. The summed E-state index contributed by atoms with van der Waals surface area (Å²) < 4.78 is 30.3. The van der Waals surface area contributed by atoms with E-state index >= 15 is 0 Å². The Morgan fingerprint density at radius 3 is 2.81 bits per heavy atom. The predicted octanol–water partition coefficient (Wildman–Crippen LogP) is 1.25. The number of nitrogens with zero attached hydrogens (tertiary/aromatic N) is 1. The maximum absolute atomic E-state index is 13.2. The molecule has 2 aliphatic rings. The number of rotatable bonds is 7. The maximum Gasteiger partial charge on any atom is 0.325 e. The highest BCUT2D eigenvalue weighted by molar-refractivity contribution is 7.88. The normalized spacial score (nSPS) is 20.5. The summed E-state index contributed by atoms with van der Waals surface area (Å²) in [6.45, 7) is 0.140. The number of Topliss-reactive ketones (excluding diaryl/α,β-unsaturated/α-hetero) is 1. The lowest BCUT2D eigenvalue weighted by atomic mass is 9.84. The standard InChI is InChI=1S/C20H21N3O6S2/c1-31(27,28)21-10-8-13-6-7-17(30-13)15(24)12-23-18(25)20(22-19(23)26)9-11-29-16-5-3-2-4-14(16)20/h2-7,21H,8-12H2,1H3,(H,22,26)/t20-/m0/s1. The van der Waals surface area contributed by atoms with E-state index in [2.05, 4.69) is 10.0 Å². The molecule has 1 fully saturated rings. The second-order valence-corrected chi connectivity index (χ2v) is 10.4. The summed E-state index contributed by atoms with van der Waals surface area (Å²) in [5, 5.41) is 2.77. The molecule has 1 saturated heterocycles. The van der Waals surface area contributed by atoms with Crippen molar-refractivity contribution in [1.82, 2.24) is 14.9 Å². The second kappa shape index (κ2) is 8.06. The molecule has 3 amide bonds. The van der Waals surface area contributed by atoms with Crippen LogP contribution in [-0.4, -0.2) is 57.0 Å². The number of ether oxygens (including phenoxy) is 1. The van der Waals surface area contributed by atoms with Crippen molar-refractivity contribution >= 4 is 39.1 Å². The van der Waals surface area contributed by atoms with E-state index in [0.29, 0.717) is 22.6 Å². The van der Waals surface area contributed by atoms with Gasteiger partial charge in [-0.25, -0.2) is 17.9 Å². The van der Waals surface area contributed by atoms with Crippen LogP contribution < -0.4 is 14.8 Å². The number of amides is 3. The van der Waals surface area contributed by atoms with E-state index in [1.54, 1.807) is 36.4 Å². The van der Waals surface area contributed by atoms with Crippen LogP contribution in [0.5, 0.6) is 5.75 Å². The Morgan fingerprint density at radius 1 is 1.26 bits per heavy atom. The molecule has 1 aromatic carbocycles. The molecular formula is C20H21N3O6S2. The number of nitrogens with one attached hydrogen (secondary N) is 2. The van der Waals surface area contributed by atoms with Crippen molar-refractivity contribution in [3.05, 3.63) is 51.7 Å². The zero-order valence-corrected chi connectivity index (χ0v) is 18.3. The van der Waals surface area contributed by atoms with Crippen LogP contribution in [0.4, 0.5) is 4.79 Å². The highest BCUT2D eigenvalue weighted by Gasteiger charge is 2.55. The number of carbonyl (C=O) groups excluding carboxylic acids is 3. The van der Waals surface area contributed by atoms with Gasteiger partial charge in [0.2, 0.25) is 10.0 Å². The highest BCUT2D eigenvalue weighted by Crippen LogP contribution is 2.41. The summed E-state index contributed by atoms with van der Waals surface area (Å²) >= 11 is 1.22. The minimum atomic E-state index is -3.28. The summed E-state index contributed by atoms with van der Waals surface area (Å²) in [7, 11) is -3.28. The number of sulfonamides is 1. The molecule has 164 valence electrons. The van der Waals surface area contributed by atoms with Gasteiger partial charge in [-0.3, -0.25) is 14.5 Å². The number of hydrogen-bond donors (Lipinski definition) is 2. The number of carbonyl (C=O) groups is 3. The monoisotopic (exact) mass is 463 g/mol. The topological polar surface area (TPSA) is 122 Å². The van der Waals surface area contributed by atoms with E-state index in [1.807, 2.05) is 0 Å². The molecule has 2 N–H and O–H groups in total. The summed E-state index contributed by atoms with van der Waals surface area (Å²) in [6.07, 6.45) is 1.81. The van der Waals surface area contributed by atoms with Gasteiger partial charge in [-0.05, 0) is 24.6 Å². The fourth-order valence-corrected chi connectivity index (χ4v) is 5.17. The molecule has 1 spiro atoms. The smallest absolute Gasteiger partial charge is 0.325 e. The Balaban J connectivity index is 1.46. The van der Waals surface area contributed by atoms with Gasteiger partial charge in [0.05, 0.1) is 24.3 Å². The molecule has 0 unspecified atom stereocenters. The third kappa shape index (κ3) is 4.21. The van der Waals surface area contributed by atoms with Crippen LogP contribution in [0.3, 0.4) is 0 Å². The average Bonchev–Trinajstić information content (AvgIpc) is 3.27. The van der Waals surface area contributed by atoms with Crippen LogP contribution in [0, 0.1) is 0 Å². The lowest BCUT2D eigenvalue weighted by Gasteiger charge is -2.33. The quantitative estimate of drug-likeness (QED) is 0.471. The van der Waals surface area contributed by atoms with E-state index < -0.39 is 27.5 Å². The number of para-hydroxylation sites is 1. The number of ketones is 1. The van der Waals surface area contributed by atoms with Gasteiger partial charge in [-0.15, -0.1) is 11.3 Å². The Labute approximate surface area is 183 Å². The van der Waals surface area contributed by atoms with Crippen molar-refractivity contribution in [3.8, 4) is 5.75 Å². The van der Waals surface area contributed by atoms with Crippen LogP contribution in [0.25, 0.3) is 0 Å². The molecule has 0 saturated carbocycles. The van der Waals surface area contributed by atoms with Crippen LogP contribution >= 0.6 is 11.3 Å². The number of imide groups is 1. The van der Waals surface area contributed by atoms with Crippen molar-refractivity contribution < 1.29 is 27.5 Å². The van der Waals surface area contributed by atoms with Crippen LogP contribution in [0.1, 0.15) is 26.5 Å². The van der Waals surface area contributed by atoms with E-state index in [-0.39, 0.29) is 31.9 Å². The Kier molecular flexibility index (Phi) is 5.58. The van der Waals surface area contributed by atoms with Crippen LogP contribution in [-0.2, 0) is 26.8 Å². The summed E-state index contributed by atoms with van der Waals surface area (Å²) in [4.78, 5) is 40.8. The van der Waals surface area contributed by atoms with Gasteiger partial charge in [0.25, 0.3) is 5.91 Å². The largest absolute Gasteiger partial charge is 0.493 e. The van der Waals surface area contributed by atoms with E-state index in [0.717, 1.165) is 16.0 Å². The van der Waals surface area contributed by atoms with Crippen LogP contribution in [0.2, 0.25) is 0 Å². The van der Waals surface area contributed by atoms with E-state index in [1.165, 1.54) is 11.3 Å². The van der Waals surface area contributed by atoms with E-state index in [4.69, 9.17) is 4.74 Å². The third-order valence-corrected chi connectivity index (χ3v) is 7.15. The second-order valence-electron chi connectivity index (χ2n) is 7.43. The Bertz CT molecular complexity index is 1160. The molecule has 1 atom stereocenters. The Hall–Kier alpha value is -2.76. The molecule has 3 heterocycles. The van der Waals surface area contributed by atoms with Gasteiger partial charge in [-0.2, -0.15) is 0 Å². The summed E-state index contributed by atoms with van der Waals surface area (Å²) in [5.74, 6) is -0.273. The van der Waals surface area contributed by atoms with Gasteiger partial charge in [0.15, 0.2) is 11.3 Å². The first-order valence-electron chi connectivity index (χ1n) is 9.62. The molecule has 1 aromatic heterocycles.